The summed E-state index contributed by atoms with van der Waals surface area (Å²) in [5.41, 5.74) is 0. The summed E-state index contributed by atoms with van der Waals surface area (Å²) in [6, 6.07) is 0. The van der Waals surface area contributed by atoms with Gasteiger partial charge in [-0.1, -0.05) is 13.2 Å². The van der Waals surface area contributed by atoms with Crippen LogP contribution in [0.4, 0.5) is 0 Å². The summed E-state index contributed by atoms with van der Waals surface area (Å²) >= 11 is 0. The second-order valence-corrected chi connectivity index (χ2v) is 2.52. The molecule has 0 aromatic carbocycles. The Labute approximate surface area is 70.7 Å². The summed E-state index contributed by atoms with van der Waals surface area (Å²) in [6.07, 6.45) is 0. The number of carbonyl (C=O) groups is 1. The van der Waals surface area contributed by atoms with Crippen molar-refractivity contribution in [2.75, 3.05) is 0 Å². The van der Waals surface area contributed by atoms with E-state index in [0.717, 1.165) is 0 Å². The summed E-state index contributed by atoms with van der Waals surface area (Å²) in [6.45, 7) is 8.33. The average Bonchev–Trinajstić information content (AvgIpc) is 1.82. The van der Waals surface area contributed by atoms with Gasteiger partial charge in [-0.3, -0.25) is 4.79 Å². The lowest BCUT2D eigenvalue weighted by atomic mass is 9.97. The number of rotatable bonds is 1. The van der Waals surface area contributed by atoms with Gasteiger partial charge in [0.1, 0.15) is 11.7 Å². The highest BCUT2D eigenvalue weighted by Gasteiger charge is 2.37. The lowest BCUT2D eigenvalue weighted by molar-refractivity contribution is -0.120. The molecule has 0 spiro atoms. The van der Waals surface area contributed by atoms with Crippen LogP contribution in [0, 0.1) is 5.92 Å². The number of carbonyl (C=O) groups excluding carboxylic acids is 1. The van der Waals surface area contributed by atoms with E-state index >= 15 is 0 Å². The average molecular weight is 168 g/mol. The molecule has 0 amide bonds. The Morgan fingerprint density at radius 1 is 1.50 bits per heavy atom. The van der Waals surface area contributed by atoms with Gasteiger partial charge in [0.15, 0.2) is 0 Å². The minimum absolute atomic E-state index is 0.170. The summed E-state index contributed by atoms with van der Waals surface area (Å²) in [5.74, 6) is -0.484. The fourth-order valence-corrected chi connectivity index (χ4v) is 1.05. The first-order valence-corrected chi connectivity index (χ1v) is 3.42. The molecule has 64 valence electrons. The molecule has 1 rings (SSSR count). The molecule has 1 heterocycles. The van der Waals surface area contributed by atoms with Crippen molar-refractivity contribution in [3.8, 4) is 0 Å². The zero-order valence-electron chi connectivity index (χ0n) is 6.74. The van der Waals surface area contributed by atoms with Gasteiger partial charge in [0.25, 0.3) is 0 Å². The topological polar surface area (TPSA) is 55.8 Å². The molecule has 0 radical (unpaired) electrons. The molecule has 1 fully saturated rings. The van der Waals surface area contributed by atoms with E-state index in [1.54, 1.807) is 0 Å². The monoisotopic (exact) mass is 168 g/mol. The van der Waals surface area contributed by atoms with Crippen LogP contribution in [0.5, 0.6) is 0 Å². The number of ketones is 1. The van der Waals surface area contributed by atoms with Crippen LogP contribution in [-0.2, 0) is 14.1 Å². The molecule has 0 unspecified atom stereocenters. The first kappa shape index (κ1) is 8.87. The summed E-state index contributed by atoms with van der Waals surface area (Å²) in [5, 5.41) is 8.87. The van der Waals surface area contributed by atoms with Crippen LogP contribution in [0.2, 0.25) is 0 Å². The molecule has 1 N–H and O–H groups in total. The SMILES string of the molecule is C=C1OB(O)OC(=C)C1C(C)=O. The molecule has 1 saturated heterocycles. The van der Waals surface area contributed by atoms with Crippen LogP contribution >= 0.6 is 0 Å². The van der Waals surface area contributed by atoms with Crippen molar-refractivity contribution < 1.29 is 19.1 Å². The largest absolute Gasteiger partial charge is 0.784 e. The number of Topliss-reactive ketones (excluding diaryl/α,β-unsaturated/α-hetero) is 1. The zero-order valence-corrected chi connectivity index (χ0v) is 6.74. The van der Waals surface area contributed by atoms with E-state index in [9.17, 15) is 4.79 Å². The summed E-state index contributed by atoms with van der Waals surface area (Å²) in [4.78, 5) is 11.0. The highest BCUT2D eigenvalue weighted by atomic mass is 16.7. The van der Waals surface area contributed by atoms with Crippen LogP contribution < -0.4 is 0 Å². The molecule has 0 aromatic heterocycles. The second-order valence-electron chi connectivity index (χ2n) is 2.52. The fourth-order valence-electron chi connectivity index (χ4n) is 1.05. The first-order valence-electron chi connectivity index (χ1n) is 3.42. The van der Waals surface area contributed by atoms with Crippen molar-refractivity contribution in [2.24, 2.45) is 5.92 Å². The van der Waals surface area contributed by atoms with Crippen LogP contribution in [0.1, 0.15) is 6.92 Å². The minimum atomic E-state index is -1.39. The Morgan fingerprint density at radius 2 is 1.92 bits per heavy atom. The predicted molar refractivity (Wildman–Crippen MR) is 42.6 cm³/mol. The van der Waals surface area contributed by atoms with Gasteiger partial charge >= 0.3 is 7.32 Å². The first-order chi connectivity index (χ1) is 5.52. The van der Waals surface area contributed by atoms with Gasteiger partial charge in [-0.15, -0.1) is 0 Å². The molecule has 0 aromatic rings. The van der Waals surface area contributed by atoms with Gasteiger partial charge in [-0.05, 0) is 6.92 Å². The molecule has 5 heteroatoms. The van der Waals surface area contributed by atoms with Gasteiger partial charge in [-0.2, -0.15) is 0 Å². The quantitative estimate of drug-likeness (QED) is 0.569. The maximum atomic E-state index is 11.0. The highest BCUT2D eigenvalue weighted by Crippen LogP contribution is 2.26. The Morgan fingerprint density at radius 3 is 2.25 bits per heavy atom. The highest BCUT2D eigenvalue weighted by molar-refractivity contribution is 6.36. The van der Waals surface area contributed by atoms with E-state index in [1.165, 1.54) is 6.92 Å². The predicted octanol–water partition coefficient (Wildman–Crippen LogP) is 0.243. The van der Waals surface area contributed by atoms with Gasteiger partial charge in [0, 0.05) is 0 Å². The third-order valence-electron chi connectivity index (χ3n) is 1.55. The van der Waals surface area contributed by atoms with Crippen molar-refractivity contribution >= 4 is 13.1 Å². The van der Waals surface area contributed by atoms with E-state index < -0.39 is 13.2 Å². The summed E-state index contributed by atoms with van der Waals surface area (Å²) < 4.78 is 9.38. The van der Waals surface area contributed by atoms with E-state index in [0.29, 0.717) is 0 Å². The Bertz CT molecular complexity index is 230. The minimum Gasteiger partial charge on any atom is -0.504 e. The molecular weight excluding hydrogens is 159 g/mol. The van der Waals surface area contributed by atoms with Crippen molar-refractivity contribution in [3.05, 3.63) is 24.7 Å². The third-order valence-corrected chi connectivity index (χ3v) is 1.55. The van der Waals surface area contributed by atoms with Crippen LogP contribution in [0.25, 0.3) is 0 Å². The van der Waals surface area contributed by atoms with Crippen molar-refractivity contribution in [3.63, 3.8) is 0 Å². The van der Waals surface area contributed by atoms with Gasteiger partial charge in [0.2, 0.25) is 0 Å². The molecule has 0 bridgehead atoms. The Hall–Kier alpha value is -1.23. The Balaban J connectivity index is 2.81. The lowest BCUT2D eigenvalue weighted by Crippen LogP contribution is -2.34. The third kappa shape index (κ3) is 1.50. The molecular formula is C7H9BO4. The van der Waals surface area contributed by atoms with E-state index in [1.807, 2.05) is 0 Å². The maximum Gasteiger partial charge on any atom is 0.784 e. The van der Waals surface area contributed by atoms with Crippen molar-refractivity contribution in [1.29, 1.82) is 0 Å². The lowest BCUT2D eigenvalue weighted by Gasteiger charge is -2.27. The van der Waals surface area contributed by atoms with Crippen LogP contribution in [0.3, 0.4) is 0 Å². The van der Waals surface area contributed by atoms with Gasteiger partial charge in [-0.25, -0.2) is 0 Å². The zero-order chi connectivity index (χ0) is 9.30. The molecule has 1 aliphatic heterocycles. The van der Waals surface area contributed by atoms with Crippen LogP contribution in [0.15, 0.2) is 24.7 Å². The van der Waals surface area contributed by atoms with Gasteiger partial charge < -0.3 is 14.3 Å². The maximum absolute atomic E-state index is 11.0. The van der Waals surface area contributed by atoms with E-state index in [2.05, 4.69) is 22.5 Å². The normalized spacial score (nSPS) is 18.7. The van der Waals surface area contributed by atoms with Crippen molar-refractivity contribution in [1.82, 2.24) is 0 Å². The molecule has 1 aliphatic rings. The molecule has 12 heavy (non-hydrogen) atoms. The smallest absolute Gasteiger partial charge is 0.504 e. The standard InChI is InChI=1S/C7H9BO4/c1-4(9)7-5(2)11-8(10)12-6(7)3/h7,10H,2-3H2,1H3. The molecule has 0 saturated carbocycles. The second kappa shape index (κ2) is 3.02. The number of hydrogen-bond donors (Lipinski definition) is 1. The molecule has 0 aliphatic carbocycles. The van der Waals surface area contributed by atoms with E-state index in [4.69, 9.17) is 5.02 Å². The van der Waals surface area contributed by atoms with Crippen molar-refractivity contribution in [2.45, 2.75) is 6.92 Å². The number of hydrogen-bond acceptors (Lipinski definition) is 4. The molecule has 0 atom stereocenters. The Kier molecular flexibility index (Phi) is 2.24. The van der Waals surface area contributed by atoms with Crippen LogP contribution in [-0.4, -0.2) is 18.1 Å². The molecule has 4 nitrogen and oxygen atoms in total. The summed E-state index contributed by atoms with van der Waals surface area (Å²) in [7, 11) is -1.39. The van der Waals surface area contributed by atoms with Gasteiger partial charge in [0.05, 0.1) is 11.5 Å². The fraction of sp³-hybridized carbons (Fsp3) is 0.286. The van der Waals surface area contributed by atoms with E-state index in [-0.39, 0.29) is 17.3 Å².